The molecule has 29 heavy (non-hydrogen) atoms. The number of aromatic nitrogens is 1. The second-order valence-electron chi connectivity index (χ2n) is 5.92. The van der Waals surface area contributed by atoms with E-state index in [0.29, 0.717) is 11.3 Å². The normalized spacial score (nSPS) is 10.3. The van der Waals surface area contributed by atoms with E-state index in [2.05, 4.69) is 10.3 Å². The lowest BCUT2D eigenvalue weighted by Crippen LogP contribution is -2.16. The molecule has 0 radical (unpaired) electrons. The molecule has 2 aromatic carbocycles. The number of nitrogens with zero attached hydrogens (tertiary/aromatic N) is 1. The fourth-order valence-corrected chi connectivity index (χ4v) is 2.26. The van der Waals surface area contributed by atoms with E-state index in [-0.39, 0.29) is 30.5 Å². The van der Waals surface area contributed by atoms with Crippen LogP contribution in [0.5, 0.6) is 5.88 Å². The Morgan fingerprint density at radius 1 is 0.897 bits per heavy atom. The topological polar surface area (TPSA) is 77.5 Å². The van der Waals surface area contributed by atoms with Gasteiger partial charge in [0.1, 0.15) is 18.2 Å². The third-order valence-electron chi connectivity index (χ3n) is 3.75. The molecule has 148 valence electrons. The smallest absolute Gasteiger partial charge is 0.344 e. The lowest BCUT2D eigenvalue weighted by molar-refractivity contribution is -0.147. The Morgan fingerprint density at radius 2 is 1.55 bits per heavy atom. The van der Waals surface area contributed by atoms with Crippen molar-refractivity contribution >= 4 is 17.6 Å². The lowest BCUT2D eigenvalue weighted by atomic mass is 10.2. The number of halogens is 2. The van der Waals surface area contributed by atoms with Gasteiger partial charge in [-0.2, -0.15) is 0 Å². The Balaban J connectivity index is 1.45. The molecule has 0 bridgehead atoms. The zero-order valence-electron chi connectivity index (χ0n) is 15.1. The van der Waals surface area contributed by atoms with Crippen LogP contribution in [0.1, 0.15) is 15.9 Å². The summed E-state index contributed by atoms with van der Waals surface area (Å²) in [6.07, 6.45) is 1.29. The molecule has 0 aliphatic carbocycles. The summed E-state index contributed by atoms with van der Waals surface area (Å²) in [5.41, 5.74) is 1.36. The van der Waals surface area contributed by atoms with E-state index in [1.54, 1.807) is 0 Å². The van der Waals surface area contributed by atoms with E-state index in [0.717, 1.165) is 0 Å². The van der Waals surface area contributed by atoms with Crippen molar-refractivity contribution in [1.82, 2.24) is 4.98 Å². The number of hydrogen-bond acceptors (Lipinski definition) is 5. The molecule has 1 heterocycles. The maximum absolute atomic E-state index is 12.9. The SMILES string of the molecule is O=C(COc1ccc(C(=O)Nc2ccc(F)cc2)cn1)OCc1ccc(F)cc1. The van der Waals surface area contributed by atoms with Crippen molar-refractivity contribution in [2.24, 2.45) is 0 Å². The van der Waals surface area contributed by atoms with Gasteiger partial charge in [-0.15, -0.1) is 0 Å². The molecular weight excluding hydrogens is 382 g/mol. The molecular formula is C21H16F2N2O4. The van der Waals surface area contributed by atoms with Gasteiger partial charge in [-0.05, 0) is 48.0 Å². The molecule has 0 aliphatic heterocycles. The van der Waals surface area contributed by atoms with E-state index < -0.39 is 17.7 Å². The standard InChI is InChI=1S/C21H16F2N2O4/c22-16-4-1-14(2-5-16)12-29-20(26)13-28-19-10-3-15(11-24-19)21(27)25-18-8-6-17(23)7-9-18/h1-11H,12-13H2,(H,25,27). The van der Waals surface area contributed by atoms with Gasteiger partial charge in [-0.1, -0.05) is 12.1 Å². The second-order valence-corrected chi connectivity index (χ2v) is 5.92. The molecule has 3 aromatic rings. The molecule has 0 saturated heterocycles. The zero-order valence-corrected chi connectivity index (χ0v) is 15.1. The summed E-state index contributed by atoms with van der Waals surface area (Å²) < 4.78 is 36.0. The van der Waals surface area contributed by atoms with Crippen LogP contribution in [0.2, 0.25) is 0 Å². The van der Waals surface area contributed by atoms with E-state index in [1.165, 1.54) is 66.9 Å². The molecule has 1 N–H and O–H groups in total. The first-order valence-electron chi connectivity index (χ1n) is 8.55. The van der Waals surface area contributed by atoms with E-state index in [4.69, 9.17) is 9.47 Å². The lowest BCUT2D eigenvalue weighted by Gasteiger charge is -2.08. The highest BCUT2D eigenvalue weighted by atomic mass is 19.1. The van der Waals surface area contributed by atoms with Crippen molar-refractivity contribution < 1.29 is 27.8 Å². The summed E-state index contributed by atoms with van der Waals surface area (Å²) in [7, 11) is 0. The molecule has 3 rings (SSSR count). The van der Waals surface area contributed by atoms with Gasteiger partial charge in [-0.25, -0.2) is 18.6 Å². The number of pyridine rings is 1. The van der Waals surface area contributed by atoms with E-state index in [1.807, 2.05) is 0 Å². The molecule has 0 atom stereocenters. The number of ether oxygens (including phenoxy) is 2. The Bertz CT molecular complexity index is 975. The minimum absolute atomic E-state index is 0.00159. The van der Waals surface area contributed by atoms with Crippen LogP contribution in [0.15, 0.2) is 66.9 Å². The van der Waals surface area contributed by atoms with Gasteiger partial charge in [0.15, 0.2) is 6.61 Å². The van der Waals surface area contributed by atoms with Crippen LogP contribution in [0, 0.1) is 11.6 Å². The largest absolute Gasteiger partial charge is 0.466 e. The molecule has 0 fully saturated rings. The maximum Gasteiger partial charge on any atom is 0.344 e. The monoisotopic (exact) mass is 398 g/mol. The van der Waals surface area contributed by atoms with Crippen LogP contribution in [0.4, 0.5) is 14.5 Å². The number of esters is 1. The maximum atomic E-state index is 12.9. The van der Waals surface area contributed by atoms with Crippen molar-refractivity contribution in [3.8, 4) is 5.88 Å². The van der Waals surface area contributed by atoms with Crippen molar-refractivity contribution in [2.45, 2.75) is 6.61 Å². The van der Waals surface area contributed by atoms with Gasteiger partial charge in [0.2, 0.25) is 5.88 Å². The fraction of sp³-hybridized carbons (Fsp3) is 0.0952. The Labute approximate surface area is 165 Å². The molecule has 0 saturated carbocycles. The first-order chi connectivity index (χ1) is 14.0. The van der Waals surface area contributed by atoms with Crippen LogP contribution in [-0.4, -0.2) is 23.5 Å². The number of hydrogen-bond donors (Lipinski definition) is 1. The highest BCUT2D eigenvalue weighted by Crippen LogP contribution is 2.12. The summed E-state index contributed by atoms with van der Waals surface area (Å²) in [5.74, 6) is -1.67. The molecule has 0 unspecified atom stereocenters. The zero-order chi connectivity index (χ0) is 20.6. The summed E-state index contributed by atoms with van der Waals surface area (Å²) in [5, 5.41) is 2.61. The minimum Gasteiger partial charge on any atom is -0.466 e. The number of amides is 1. The Kier molecular flexibility index (Phi) is 6.47. The van der Waals surface area contributed by atoms with Gasteiger partial charge in [0.05, 0.1) is 5.56 Å². The molecule has 1 aromatic heterocycles. The third kappa shape index (κ3) is 6.10. The van der Waals surface area contributed by atoms with Gasteiger partial charge in [-0.3, -0.25) is 4.79 Å². The Hall–Kier alpha value is -3.81. The molecule has 8 heteroatoms. The number of anilines is 1. The Morgan fingerprint density at radius 3 is 2.17 bits per heavy atom. The quantitative estimate of drug-likeness (QED) is 0.614. The van der Waals surface area contributed by atoms with Crippen LogP contribution in [0.3, 0.4) is 0 Å². The third-order valence-corrected chi connectivity index (χ3v) is 3.75. The number of carbonyl (C=O) groups excluding carboxylic acids is 2. The van der Waals surface area contributed by atoms with Crippen LogP contribution in [0.25, 0.3) is 0 Å². The summed E-state index contributed by atoms with van der Waals surface area (Å²) in [4.78, 5) is 27.8. The average molecular weight is 398 g/mol. The van der Waals surface area contributed by atoms with Crippen molar-refractivity contribution in [1.29, 1.82) is 0 Å². The first kappa shape index (κ1) is 19.9. The number of nitrogens with one attached hydrogen (secondary N) is 1. The van der Waals surface area contributed by atoms with Crippen molar-refractivity contribution in [3.63, 3.8) is 0 Å². The predicted octanol–water partition coefficient (Wildman–Crippen LogP) is 3.73. The van der Waals surface area contributed by atoms with Gasteiger partial charge in [0.25, 0.3) is 5.91 Å². The van der Waals surface area contributed by atoms with Crippen molar-refractivity contribution in [3.05, 3.63) is 89.6 Å². The highest BCUT2D eigenvalue weighted by Gasteiger charge is 2.09. The summed E-state index contributed by atoms with van der Waals surface area (Å²) in [6, 6.07) is 13.8. The average Bonchev–Trinajstić information content (AvgIpc) is 2.74. The molecule has 1 amide bonds. The molecule has 0 aliphatic rings. The summed E-state index contributed by atoms with van der Waals surface area (Å²) >= 11 is 0. The molecule has 0 spiro atoms. The second kappa shape index (κ2) is 9.41. The van der Waals surface area contributed by atoms with Crippen LogP contribution in [-0.2, 0) is 16.1 Å². The van der Waals surface area contributed by atoms with Crippen LogP contribution < -0.4 is 10.1 Å². The van der Waals surface area contributed by atoms with Gasteiger partial charge < -0.3 is 14.8 Å². The highest BCUT2D eigenvalue weighted by molar-refractivity contribution is 6.04. The number of rotatable bonds is 7. The fourth-order valence-electron chi connectivity index (χ4n) is 2.26. The predicted molar refractivity (Wildman–Crippen MR) is 100 cm³/mol. The van der Waals surface area contributed by atoms with Crippen molar-refractivity contribution in [2.75, 3.05) is 11.9 Å². The van der Waals surface area contributed by atoms with Gasteiger partial charge >= 0.3 is 5.97 Å². The van der Waals surface area contributed by atoms with E-state index in [9.17, 15) is 18.4 Å². The van der Waals surface area contributed by atoms with Crippen LogP contribution >= 0.6 is 0 Å². The van der Waals surface area contributed by atoms with Gasteiger partial charge in [0, 0.05) is 18.0 Å². The number of carbonyl (C=O) groups is 2. The summed E-state index contributed by atoms with van der Waals surface area (Å²) in [6.45, 7) is -0.367. The minimum atomic E-state index is -0.616. The first-order valence-corrected chi connectivity index (χ1v) is 8.55. The van der Waals surface area contributed by atoms with E-state index >= 15 is 0 Å². The molecule has 6 nitrogen and oxygen atoms in total. The number of benzene rings is 2.